The molecule has 1 aromatic heterocycles. The summed E-state index contributed by atoms with van der Waals surface area (Å²) in [7, 11) is 1.54. The second-order valence-electron chi connectivity index (χ2n) is 10.7. The van der Waals surface area contributed by atoms with E-state index in [1.165, 1.54) is 17.7 Å². The summed E-state index contributed by atoms with van der Waals surface area (Å²) in [5.74, 6) is -1.94. The zero-order chi connectivity index (χ0) is 29.7. The molecule has 0 bridgehead atoms. The Balaban J connectivity index is 1.68. The summed E-state index contributed by atoms with van der Waals surface area (Å²) in [6.07, 6.45) is 8.79. The number of likely N-dealkylation sites (N-methyl/N-ethyl adjacent to an activating group) is 1. The van der Waals surface area contributed by atoms with Gasteiger partial charge in [0, 0.05) is 46.1 Å². The molecule has 1 aliphatic rings. The zero-order valence-corrected chi connectivity index (χ0v) is 25.5. The van der Waals surface area contributed by atoms with Gasteiger partial charge in [0.25, 0.3) is 0 Å². The lowest BCUT2D eigenvalue weighted by Gasteiger charge is -2.39. The van der Waals surface area contributed by atoms with Gasteiger partial charge in [-0.2, -0.15) is 0 Å². The van der Waals surface area contributed by atoms with Gasteiger partial charge in [-0.3, -0.25) is 4.90 Å². The third kappa shape index (κ3) is 6.48. The number of pyridine rings is 1. The van der Waals surface area contributed by atoms with Crippen LogP contribution in [0, 0.1) is 11.6 Å². The van der Waals surface area contributed by atoms with Crippen molar-refractivity contribution < 1.29 is 18.6 Å². The normalized spacial score (nSPS) is 15.5. The smallest absolute Gasteiger partial charge is 0.217 e. The van der Waals surface area contributed by atoms with Crippen LogP contribution in [0.3, 0.4) is 0 Å². The van der Waals surface area contributed by atoms with Crippen molar-refractivity contribution in [2.45, 2.75) is 37.7 Å². The highest BCUT2D eigenvalue weighted by molar-refractivity contribution is 9.10. The average molecular weight is 634 g/mol. The van der Waals surface area contributed by atoms with Gasteiger partial charge in [-0.05, 0) is 67.3 Å². The van der Waals surface area contributed by atoms with Crippen LogP contribution in [0.4, 0.5) is 8.78 Å². The summed E-state index contributed by atoms with van der Waals surface area (Å²) in [4.78, 5) is 7.02. The quantitative estimate of drug-likeness (QED) is 0.181. The number of fused-ring (bicyclic) bond motifs is 1. The van der Waals surface area contributed by atoms with Gasteiger partial charge >= 0.3 is 0 Å². The number of benzene rings is 3. The Morgan fingerprint density at radius 2 is 1.86 bits per heavy atom. The number of nitrogens with zero attached hydrogens (tertiary/aromatic N) is 2. The van der Waals surface area contributed by atoms with Gasteiger partial charge in [0.15, 0.2) is 0 Å². The molecule has 1 heterocycles. The predicted molar refractivity (Wildman–Crippen MR) is 168 cm³/mol. The number of halogens is 3. The molecule has 5 rings (SSSR count). The first-order valence-corrected chi connectivity index (χ1v) is 15.1. The molecule has 1 N–H and O–H groups in total. The molecule has 218 valence electrons. The first-order chi connectivity index (χ1) is 20.3. The van der Waals surface area contributed by atoms with Crippen molar-refractivity contribution in [3.63, 3.8) is 0 Å². The fraction of sp³-hybridized carbons (Fsp3) is 0.286. The van der Waals surface area contributed by atoms with Crippen LogP contribution in [-0.4, -0.2) is 41.7 Å². The first kappa shape index (κ1) is 30.1. The largest absolute Gasteiger partial charge is 0.481 e. The minimum Gasteiger partial charge on any atom is -0.481 e. The summed E-state index contributed by atoms with van der Waals surface area (Å²) >= 11 is 3.55. The molecule has 0 saturated carbocycles. The van der Waals surface area contributed by atoms with Crippen LogP contribution < -0.4 is 4.74 Å². The van der Waals surface area contributed by atoms with E-state index in [9.17, 15) is 9.50 Å². The Kier molecular flexibility index (Phi) is 9.51. The molecule has 0 radical (unpaired) electrons. The topological polar surface area (TPSA) is 45.6 Å². The van der Waals surface area contributed by atoms with E-state index in [0.717, 1.165) is 52.9 Å². The molecular formula is C35H35BrF2N2O2. The SMILES string of the molecule is CCN(CCC(O)(c1ccc(F)cc1F)C(c1ccccc1)c1cc2cc(Br)ccc2nc1OC)CC1=CCCC=C1. The Hall–Kier alpha value is -3.39. The van der Waals surface area contributed by atoms with Crippen LogP contribution in [0.2, 0.25) is 0 Å². The molecule has 0 saturated heterocycles. The minimum atomic E-state index is -1.78. The Bertz CT molecular complexity index is 1610. The second-order valence-corrected chi connectivity index (χ2v) is 11.6. The number of allylic oxidation sites excluding steroid dienone is 2. The van der Waals surface area contributed by atoms with Gasteiger partial charge in [-0.25, -0.2) is 13.8 Å². The van der Waals surface area contributed by atoms with Crippen LogP contribution in [-0.2, 0) is 5.60 Å². The number of aliphatic hydroxyl groups is 1. The van der Waals surface area contributed by atoms with E-state index < -0.39 is 23.2 Å². The van der Waals surface area contributed by atoms with Crippen LogP contribution in [0.5, 0.6) is 5.88 Å². The molecule has 3 aromatic carbocycles. The molecule has 42 heavy (non-hydrogen) atoms. The third-order valence-corrected chi connectivity index (χ3v) is 8.51. The standard InChI is InChI=1S/C35H35BrF2N2O2/c1-3-40(23-24-10-6-4-7-11-24)19-18-35(41,30-16-15-28(37)22-31(30)38)33(25-12-8-5-9-13-25)29-21-26-20-27(36)14-17-32(26)39-34(29)42-2/h5-6,8-17,20-22,33,41H,3-4,7,18-19,23H2,1-2H3. The second kappa shape index (κ2) is 13.3. The van der Waals surface area contributed by atoms with E-state index in [-0.39, 0.29) is 12.0 Å². The monoisotopic (exact) mass is 632 g/mol. The highest BCUT2D eigenvalue weighted by Crippen LogP contribution is 2.48. The summed E-state index contributed by atoms with van der Waals surface area (Å²) in [6.45, 7) is 4.03. The van der Waals surface area contributed by atoms with Crippen molar-refractivity contribution >= 4 is 26.8 Å². The molecule has 2 unspecified atom stereocenters. The summed E-state index contributed by atoms with van der Waals surface area (Å²) < 4.78 is 36.6. The maximum absolute atomic E-state index is 15.7. The third-order valence-electron chi connectivity index (χ3n) is 8.02. The lowest BCUT2D eigenvalue weighted by molar-refractivity contribution is -0.00174. The Morgan fingerprint density at radius 3 is 2.55 bits per heavy atom. The molecule has 2 atom stereocenters. The number of hydrogen-bond donors (Lipinski definition) is 1. The summed E-state index contributed by atoms with van der Waals surface area (Å²) in [5.41, 5.74) is 1.58. The fourth-order valence-electron chi connectivity index (χ4n) is 5.87. The van der Waals surface area contributed by atoms with Crippen molar-refractivity contribution in [1.82, 2.24) is 9.88 Å². The molecule has 4 aromatic rings. The van der Waals surface area contributed by atoms with Crippen LogP contribution in [0.1, 0.15) is 48.8 Å². The van der Waals surface area contributed by atoms with E-state index >= 15 is 4.39 Å². The average Bonchev–Trinajstić information content (AvgIpc) is 3.00. The van der Waals surface area contributed by atoms with Gasteiger partial charge in [0.2, 0.25) is 5.88 Å². The number of methoxy groups -OCH3 is 1. The highest BCUT2D eigenvalue weighted by Gasteiger charge is 2.44. The van der Waals surface area contributed by atoms with Gasteiger partial charge in [-0.15, -0.1) is 0 Å². The number of aromatic nitrogens is 1. The zero-order valence-electron chi connectivity index (χ0n) is 23.9. The molecular weight excluding hydrogens is 598 g/mol. The van der Waals surface area contributed by atoms with E-state index in [2.05, 4.69) is 46.0 Å². The van der Waals surface area contributed by atoms with E-state index in [1.54, 1.807) is 7.11 Å². The molecule has 7 heteroatoms. The molecule has 1 aliphatic carbocycles. The van der Waals surface area contributed by atoms with Crippen molar-refractivity contribution in [3.05, 3.63) is 129 Å². The first-order valence-electron chi connectivity index (χ1n) is 14.3. The number of hydrogen-bond acceptors (Lipinski definition) is 4. The van der Waals surface area contributed by atoms with Gasteiger partial charge in [0.1, 0.15) is 17.2 Å². The fourth-order valence-corrected chi connectivity index (χ4v) is 6.25. The highest BCUT2D eigenvalue weighted by atomic mass is 79.9. The van der Waals surface area contributed by atoms with Gasteiger partial charge in [0.05, 0.1) is 12.6 Å². The van der Waals surface area contributed by atoms with E-state index in [4.69, 9.17) is 9.72 Å². The lowest BCUT2D eigenvalue weighted by Crippen LogP contribution is -2.40. The lowest BCUT2D eigenvalue weighted by atomic mass is 9.71. The maximum Gasteiger partial charge on any atom is 0.217 e. The van der Waals surface area contributed by atoms with E-state index in [0.29, 0.717) is 18.0 Å². The molecule has 0 aliphatic heterocycles. The number of rotatable bonds is 11. The maximum atomic E-state index is 15.7. The van der Waals surface area contributed by atoms with Crippen LogP contribution in [0.25, 0.3) is 10.9 Å². The summed E-state index contributed by atoms with van der Waals surface area (Å²) in [6, 6.07) is 20.6. The Morgan fingerprint density at radius 1 is 1.05 bits per heavy atom. The molecule has 0 spiro atoms. The van der Waals surface area contributed by atoms with Crippen molar-refractivity contribution in [2.24, 2.45) is 0 Å². The van der Waals surface area contributed by atoms with Gasteiger partial charge in [-0.1, -0.05) is 77.5 Å². The predicted octanol–water partition coefficient (Wildman–Crippen LogP) is 8.29. The van der Waals surface area contributed by atoms with Crippen LogP contribution in [0.15, 0.2) is 101 Å². The minimum absolute atomic E-state index is 0.0296. The van der Waals surface area contributed by atoms with Gasteiger partial charge < -0.3 is 9.84 Å². The Labute approximate surface area is 254 Å². The number of ether oxygens (including phenoxy) is 1. The summed E-state index contributed by atoms with van der Waals surface area (Å²) in [5, 5.41) is 13.7. The van der Waals surface area contributed by atoms with E-state index in [1.807, 2.05) is 54.6 Å². The van der Waals surface area contributed by atoms with Crippen LogP contribution >= 0.6 is 15.9 Å². The molecule has 4 nitrogen and oxygen atoms in total. The van der Waals surface area contributed by atoms with Crippen molar-refractivity contribution in [1.29, 1.82) is 0 Å². The van der Waals surface area contributed by atoms with Crippen molar-refractivity contribution in [3.8, 4) is 5.88 Å². The molecule has 0 fully saturated rings. The van der Waals surface area contributed by atoms with Crippen molar-refractivity contribution in [2.75, 3.05) is 26.7 Å². The molecule has 0 amide bonds.